The average Bonchev–Trinajstić information content (AvgIpc) is 2.86. The van der Waals surface area contributed by atoms with Gasteiger partial charge in [0.1, 0.15) is 5.75 Å². The van der Waals surface area contributed by atoms with Gasteiger partial charge in [0.05, 0.1) is 6.26 Å². The van der Waals surface area contributed by atoms with Gasteiger partial charge >= 0.3 is 5.91 Å². The summed E-state index contributed by atoms with van der Waals surface area (Å²) in [4.78, 5) is 13.4. The van der Waals surface area contributed by atoms with Crippen LogP contribution >= 0.6 is 0 Å². The van der Waals surface area contributed by atoms with Crippen LogP contribution in [0.15, 0.2) is 41.0 Å². The summed E-state index contributed by atoms with van der Waals surface area (Å²) in [6.07, 6.45) is 1.45. The second-order valence-electron chi connectivity index (χ2n) is 4.12. The first-order valence-corrected chi connectivity index (χ1v) is 5.69. The van der Waals surface area contributed by atoms with Gasteiger partial charge in [-0.1, -0.05) is 0 Å². The Hall–Kier alpha value is -2.47. The van der Waals surface area contributed by atoms with E-state index in [0.29, 0.717) is 6.54 Å². The van der Waals surface area contributed by atoms with Gasteiger partial charge in [-0.2, -0.15) is 0 Å². The molecule has 19 heavy (non-hydrogen) atoms. The fourth-order valence-corrected chi connectivity index (χ4v) is 1.78. The fraction of sp³-hybridized carbons (Fsp3) is 0.154. The highest BCUT2D eigenvalue weighted by atomic mass is 16.3. The Bertz CT molecular complexity index is 563. The standard InChI is InChI=1S/C13H15N3O3/c1-16(10-2-4-11(17)5-3-10)8-9-6-7-19-12(9)13(18)15-14/h2-7,17H,8,14H2,1H3,(H,15,18). The average molecular weight is 261 g/mol. The fourth-order valence-electron chi connectivity index (χ4n) is 1.78. The summed E-state index contributed by atoms with van der Waals surface area (Å²) in [5, 5.41) is 9.24. The SMILES string of the molecule is CN(Cc1ccoc1C(=O)NN)c1ccc(O)cc1. The van der Waals surface area contributed by atoms with Crippen molar-refractivity contribution in [3.63, 3.8) is 0 Å². The van der Waals surface area contributed by atoms with Crippen molar-refractivity contribution in [3.05, 3.63) is 47.9 Å². The summed E-state index contributed by atoms with van der Waals surface area (Å²) in [5.74, 6) is 5.04. The highest BCUT2D eigenvalue weighted by Gasteiger charge is 2.15. The van der Waals surface area contributed by atoms with Crippen LogP contribution in [-0.4, -0.2) is 18.1 Å². The van der Waals surface area contributed by atoms with Crippen molar-refractivity contribution in [2.24, 2.45) is 5.84 Å². The summed E-state index contributed by atoms with van der Waals surface area (Å²) >= 11 is 0. The molecule has 6 heteroatoms. The molecule has 6 nitrogen and oxygen atoms in total. The maximum Gasteiger partial charge on any atom is 0.301 e. The number of phenolic OH excluding ortho intramolecular Hbond substituents is 1. The Morgan fingerprint density at radius 3 is 2.68 bits per heavy atom. The number of phenols is 1. The number of anilines is 1. The van der Waals surface area contributed by atoms with E-state index in [1.54, 1.807) is 30.3 Å². The molecule has 0 radical (unpaired) electrons. The van der Waals surface area contributed by atoms with Gasteiger partial charge in [-0.15, -0.1) is 0 Å². The molecule has 4 N–H and O–H groups in total. The summed E-state index contributed by atoms with van der Waals surface area (Å²) in [5.41, 5.74) is 3.69. The Morgan fingerprint density at radius 2 is 2.05 bits per heavy atom. The lowest BCUT2D eigenvalue weighted by molar-refractivity contribution is 0.0924. The molecular weight excluding hydrogens is 246 g/mol. The maximum absolute atomic E-state index is 11.5. The van der Waals surface area contributed by atoms with Crippen LogP contribution in [0, 0.1) is 0 Å². The molecule has 0 aliphatic rings. The summed E-state index contributed by atoms with van der Waals surface area (Å²) in [6.45, 7) is 0.490. The topological polar surface area (TPSA) is 91.7 Å². The minimum atomic E-state index is -0.459. The summed E-state index contributed by atoms with van der Waals surface area (Å²) < 4.78 is 5.11. The third-order valence-corrected chi connectivity index (χ3v) is 2.78. The second kappa shape index (κ2) is 5.45. The summed E-state index contributed by atoms with van der Waals surface area (Å²) in [7, 11) is 1.88. The van der Waals surface area contributed by atoms with Gasteiger partial charge in [-0.25, -0.2) is 5.84 Å². The van der Waals surface area contributed by atoms with Crippen molar-refractivity contribution in [3.8, 4) is 5.75 Å². The van der Waals surface area contributed by atoms with E-state index in [9.17, 15) is 9.90 Å². The van der Waals surface area contributed by atoms with Gasteiger partial charge < -0.3 is 14.4 Å². The molecule has 0 unspecified atom stereocenters. The van der Waals surface area contributed by atoms with Gasteiger partial charge in [0, 0.05) is 24.8 Å². The van der Waals surface area contributed by atoms with Crippen LogP contribution < -0.4 is 16.2 Å². The largest absolute Gasteiger partial charge is 0.508 e. The monoisotopic (exact) mass is 261 g/mol. The van der Waals surface area contributed by atoms with E-state index in [4.69, 9.17) is 10.3 Å². The number of rotatable bonds is 4. The number of aromatic hydroxyl groups is 1. The van der Waals surface area contributed by atoms with Crippen molar-refractivity contribution < 1.29 is 14.3 Å². The second-order valence-corrected chi connectivity index (χ2v) is 4.12. The highest BCUT2D eigenvalue weighted by molar-refractivity contribution is 5.92. The first-order chi connectivity index (χ1) is 9.11. The molecule has 100 valence electrons. The molecule has 1 amide bonds. The number of benzene rings is 1. The van der Waals surface area contributed by atoms with Crippen LogP contribution in [0.1, 0.15) is 16.1 Å². The van der Waals surface area contributed by atoms with E-state index in [0.717, 1.165) is 11.3 Å². The van der Waals surface area contributed by atoms with Crippen molar-refractivity contribution in [2.75, 3.05) is 11.9 Å². The minimum absolute atomic E-state index is 0.202. The molecule has 1 heterocycles. The number of carbonyl (C=O) groups is 1. The van der Waals surface area contributed by atoms with Crippen molar-refractivity contribution in [2.45, 2.75) is 6.54 Å². The molecule has 0 atom stereocenters. The van der Waals surface area contributed by atoms with Gasteiger partial charge in [-0.3, -0.25) is 10.2 Å². The number of furan rings is 1. The van der Waals surface area contributed by atoms with Crippen LogP contribution in [0.5, 0.6) is 5.75 Å². The van der Waals surface area contributed by atoms with Crippen molar-refractivity contribution >= 4 is 11.6 Å². The number of carbonyl (C=O) groups excluding carboxylic acids is 1. The number of hydrogen-bond acceptors (Lipinski definition) is 5. The third kappa shape index (κ3) is 2.86. The lowest BCUT2D eigenvalue weighted by Gasteiger charge is -2.19. The van der Waals surface area contributed by atoms with Gasteiger partial charge in [0.15, 0.2) is 5.76 Å². The minimum Gasteiger partial charge on any atom is -0.508 e. The molecule has 2 aromatic rings. The number of nitrogen functional groups attached to an aromatic ring is 1. The summed E-state index contributed by atoms with van der Waals surface area (Å²) in [6, 6.07) is 8.51. The third-order valence-electron chi connectivity index (χ3n) is 2.78. The normalized spacial score (nSPS) is 10.2. The lowest BCUT2D eigenvalue weighted by Crippen LogP contribution is -2.31. The van der Waals surface area contributed by atoms with Crippen molar-refractivity contribution in [1.82, 2.24) is 5.43 Å². The van der Waals surface area contributed by atoms with E-state index in [2.05, 4.69) is 0 Å². The molecule has 0 aliphatic carbocycles. The first-order valence-electron chi connectivity index (χ1n) is 5.69. The zero-order valence-electron chi connectivity index (χ0n) is 10.5. The molecular formula is C13H15N3O3. The van der Waals surface area contributed by atoms with E-state index >= 15 is 0 Å². The van der Waals surface area contributed by atoms with Crippen LogP contribution in [0.25, 0.3) is 0 Å². The molecule has 0 aliphatic heterocycles. The highest BCUT2D eigenvalue weighted by Crippen LogP contribution is 2.20. The Balaban J connectivity index is 2.15. The molecule has 1 aromatic carbocycles. The number of nitrogens with two attached hydrogens (primary N) is 1. The molecule has 2 rings (SSSR count). The number of nitrogens with zero attached hydrogens (tertiary/aromatic N) is 1. The molecule has 0 spiro atoms. The smallest absolute Gasteiger partial charge is 0.301 e. The zero-order chi connectivity index (χ0) is 13.8. The molecule has 0 fully saturated rings. The Morgan fingerprint density at radius 1 is 1.37 bits per heavy atom. The molecule has 0 saturated heterocycles. The molecule has 1 aromatic heterocycles. The van der Waals surface area contributed by atoms with Crippen LogP contribution in [-0.2, 0) is 6.54 Å². The maximum atomic E-state index is 11.5. The predicted molar refractivity (Wildman–Crippen MR) is 70.6 cm³/mol. The molecule has 0 saturated carbocycles. The van der Waals surface area contributed by atoms with Crippen LogP contribution in [0.3, 0.4) is 0 Å². The Labute approximate surface area is 110 Å². The lowest BCUT2D eigenvalue weighted by atomic mass is 10.2. The van der Waals surface area contributed by atoms with Gasteiger partial charge in [-0.05, 0) is 30.3 Å². The van der Waals surface area contributed by atoms with Gasteiger partial charge in [0.2, 0.25) is 0 Å². The molecule has 0 bridgehead atoms. The van der Waals surface area contributed by atoms with Crippen molar-refractivity contribution in [1.29, 1.82) is 0 Å². The quantitative estimate of drug-likeness (QED) is 0.437. The number of hydrazine groups is 1. The van der Waals surface area contributed by atoms with E-state index in [1.165, 1.54) is 6.26 Å². The van der Waals surface area contributed by atoms with Gasteiger partial charge in [0.25, 0.3) is 0 Å². The van der Waals surface area contributed by atoms with E-state index in [1.807, 2.05) is 17.4 Å². The number of amides is 1. The zero-order valence-corrected chi connectivity index (χ0v) is 10.5. The first kappa shape index (κ1) is 13.0. The van der Waals surface area contributed by atoms with Crippen LogP contribution in [0.4, 0.5) is 5.69 Å². The Kier molecular flexibility index (Phi) is 3.72. The number of hydrogen-bond donors (Lipinski definition) is 3. The number of nitrogens with one attached hydrogen (secondary N) is 1. The van der Waals surface area contributed by atoms with E-state index in [-0.39, 0.29) is 11.5 Å². The predicted octanol–water partition coefficient (Wildman–Crippen LogP) is 1.23. The van der Waals surface area contributed by atoms with Crippen LogP contribution in [0.2, 0.25) is 0 Å². The van der Waals surface area contributed by atoms with E-state index < -0.39 is 5.91 Å².